The number of hydrogen-bond donors (Lipinski definition) is 1. The molecule has 4 rings (SSSR count). The molecule has 1 N–H and O–H groups in total. The molecule has 0 aliphatic rings. The maximum absolute atomic E-state index is 9.61. The monoisotopic (exact) mass is 446 g/mol. The minimum atomic E-state index is 0.397. The van der Waals surface area contributed by atoms with Crippen LogP contribution in [0.1, 0.15) is 16.8 Å². The van der Waals surface area contributed by atoms with Crippen LogP contribution in [-0.4, -0.2) is 17.1 Å². The summed E-state index contributed by atoms with van der Waals surface area (Å²) >= 11 is 12.5. The lowest BCUT2D eigenvalue weighted by molar-refractivity contribution is 0.415. The third-order valence-electron chi connectivity index (χ3n) is 4.65. The van der Waals surface area contributed by atoms with Gasteiger partial charge in [0.1, 0.15) is 11.8 Å². The number of halogens is 2. The molecule has 0 spiro atoms. The molecule has 0 saturated heterocycles. The van der Waals surface area contributed by atoms with Gasteiger partial charge in [-0.25, -0.2) is 0 Å². The van der Waals surface area contributed by atoms with Gasteiger partial charge in [-0.05, 0) is 35.9 Å². The number of pyridine rings is 2. The van der Waals surface area contributed by atoms with Crippen LogP contribution in [0.2, 0.25) is 10.0 Å². The summed E-state index contributed by atoms with van der Waals surface area (Å²) in [5.74, 6) is 0.479. The highest BCUT2D eigenvalue weighted by Gasteiger charge is 2.13. The number of anilines is 2. The Hall–Kier alpha value is -3.59. The molecule has 0 bridgehead atoms. The summed E-state index contributed by atoms with van der Waals surface area (Å²) in [6.45, 7) is 0. The molecule has 31 heavy (non-hydrogen) atoms. The van der Waals surface area contributed by atoms with Crippen LogP contribution in [-0.2, 0) is 0 Å². The van der Waals surface area contributed by atoms with Crippen LogP contribution in [0.3, 0.4) is 0 Å². The Balaban J connectivity index is 1.75. The Morgan fingerprint density at radius 3 is 2.65 bits per heavy atom. The second-order valence-electron chi connectivity index (χ2n) is 6.61. The van der Waals surface area contributed by atoms with Crippen LogP contribution >= 0.6 is 23.2 Å². The second-order valence-corrected chi connectivity index (χ2v) is 7.43. The molecule has 7 heteroatoms. The molecule has 0 aliphatic carbocycles. The largest absolute Gasteiger partial charge is 0.495 e. The van der Waals surface area contributed by atoms with Gasteiger partial charge in [-0.1, -0.05) is 47.5 Å². The van der Waals surface area contributed by atoms with Crippen molar-refractivity contribution < 1.29 is 4.74 Å². The lowest BCUT2D eigenvalue weighted by Crippen LogP contribution is -1.98. The highest BCUT2D eigenvalue weighted by molar-refractivity contribution is 6.37. The van der Waals surface area contributed by atoms with Crippen molar-refractivity contribution in [3.8, 4) is 11.8 Å². The zero-order valence-corrected chi connectivity index (χ0v) is 17.9. The van der Waals surface area contributed by atoms with Crippen molar-refractivity contribution in [2.75, 3.05) is 12.4 Å². The maximum Gasteiger partial charge on any atom is 0.139 e. The van der Waals surface area contributed by atoms with Crippen molar-refractivity contribution in [3.63, 3.8) is 0 Å². The minimum absolute atomic E-state index is 0.397. The van der Waals surface area contributed by atoms with Crippen molar-refractivity contribution in [2.24, 2.45) is 0 Å². The molecule has 5 nitrogen and oxygen atoms in total. The average molecular weight is 447 g/mol. The van der Waals surface area contributed by atoms with E-state index in [0.29, 0.717) is 32.7 Å². The van der Waals surface area contributed by atoms with E-state index >= 15 is 0 Å². The Morgan fingerprint density at radius 1 is 1.03 bits per heavy atom. The number of fused-ring (bicyclic) bond motifs is 1. The van der Waals surface area contributed by atoms with E-state index in [1.54, 1.807) is 18.3 Å². The molecule has 2 aromatic heterocycles. The molecule has 0 radical (unpaired) electrons. The first-order chi connectivity index (χ1) is 15.1. The summed E-state index contributed by atoms with van der Waals surface area (Å²) < 4.78 is 5.28. The SMILES string of the molecule is COc1cc(Nc2c(C#N)cnc3cc(/C=C/c4ccccn4)ccc23)c(Cl)cc1Cl. The van der Waals surface area contributed by atoms with E-state index in [2.05, 4.69) is 21.4 Å². The van der Waals surface area contributed by atoms with Gasteiger partial charge < -0.3 is 10.1 Å². The zero-order valence-electron chi connectivity index (χ0n) is 16.4. The van der Waals surface area contributed by atoms with Gasteiger partial charge in [-0.2, -0.15) is 5.26 Å². The van der Waals surface area contributed by atoms with Crippen LogP contribution in [0.5, 0.6) is 5.75 Å². The summed E-state index contributed by atoms with van der Waals surface area (Å²) in [4.78, 5) is 8.74. The molecule has 2 heterocycles. The summed E-state index contributed by atoms with van der Waals surface area (Å²) in [6.07, 6.45) is 7.19. The van der Waals surface area contributed by atoms with Crippen LogP contribution in [0.25, 0.3) is 23.1 Å². The number of nitriles is 1. The Morgan fingerprint density at radius 2 is 1.90 bits per heavy atom. The smallest absolute Gasteiger partial charge is 0.139 e. The molecule has 0 fully saturated rings. The maximum atomic E-state index is 9.61. The van der Waals surface area contributed by atoms with Gasteiger partial charge in [0.2, 0.25) is 0 Å². The zero-order chi connectivity index (χ0) is 21.8. The van der Waals surface area contributed by atoms with E-state index in [1.807, 2.05) is 48.6 Å². The minimum Gasteiger partial charge on any atom is -0.495 e. The molecule has 0 saturated carbocycles. The lowest BCUT2D eigenvalue weighted by atomic mass is 10.1. The van der Waals surface area contributed by atoms with Gasteiger partial charge in [-0.15, -0.1) is 0 Å². The molecule has 0 aliphatic heterocycles. The van der Waals surface area contributed by atoms with Crippen molar-refractivity contribution in [2.45, 2.75) is 0 Å². The van der Waals surface area contributed by atoms with Gasteiger partial charge in [0, 0.05) is 23.8 Å². The number of methoxy groups -OCH3 is 1. The first-order valence-electron chi connectivity index (χ1n) is 9.31. The number of hydrogen-bond acceptors (Lipinski definition) is 5. The molecular weight excluding hydrogens is 431 g/mol. The van der Waals surface area contributed by atoms with E-state index in [0.717, 1.165) is 22.2 Å². The Labute approximate surface area is 189 Å². The van der Waals surface area contributed by atoms with Gasteiger partial charge in [0.15, 0.2) is 0 Å². The molecule has 4 aromatic rings. The van der Waals surface area contributed by atoms with E-state index in [4.69, 9.17) is 27.9 Å². The first kappa shape index (κ1) is 20.7. The summed E-state index contributed by atoms with van der Waals surface area (Å²) in [5, 5.41) is 14.5. The van der Waals surface area contributed by atoms with E-state index in [9.17, 15) is 5.26 Å². The Bertz CT molecular complexity index is 1330. The molecule has 0 atom stereocenters. The fourth-order valence-electron chi connectivity index (χ4n) is 3.11. The number of rotatable bonds is 5. The van der Waals surface area contributed by atoms with Crippen LogP contribution in [0, 0.1) is 11.3 Å². The normalized spacial score (nSPS) is 10.9. The highest BCUT2D eigenvalue weighted by atomic mass is 35.5. The van der Waals surface area contributed by atoms with E-state index < -0.39 is 0 Å². The molecule has 0 amide bonds. The third kappa shape index (κ3) is 4.46. The molecule has 2 aromatic carbocycles. The fourth-order valence-corrected chi connectivity index (χ4v) is 3.61. The van der Waals surface area contributed by atoms with Gasteiger partial charge in [0.25, 0.3) is 0 Å². The standard InChI is InChI=1S/C24H16Cl2N4O/c1-31-23-12-22(19(25)11-20(23)26)30-24-16(13-27)14-29-21-10-15(6-8-18(21)24)5-7-17-4-2-3-9-28-17/h2-12,14H,1H3,(H,29,30)/b7-5+. The molecular formula is C24H16Cl2N4O. The highest BCUT2D eigenvalue weighted by Crippen LogP contribution is 2.37. The van der Waals surface area contributed by atoms with E-state index in [-0.39, 0.29) is 0 Å². The predicted molar refractivity (Wildman–Crippen MR) is 126 cm³/mol. The molecule has 0 unspecified atom stereocenters. The van der Waals surface area contributed by atoms with Crippen molar-refractivity contribution in [1.82, 2.24) is 9.97 Å². The number of nitrogens with zero attached hydrogens (tertiary/aromatic N) is 3. The van der Waals surface area contributed by atoms with Crippen LogP contribution in [0.15, 0.2) is 60.9 Å². The Kier molecular flexibility index (Phi) is 6.03. The second kappa shape index (κ2) is 9.05. The number of aromatic nitrogens is 2. The molecule has 152 valence electrons. The van der Waals surface area contributed by atoms with Gasteiger partial charge in [-0.3, -0.25) is 9.97 Å². The lowest BCUT2D eigenvalue weighted by Gasteiger charge is -2.14. The van der Waals surface area contributed by atoms with Gasteiger partial charge in [0.05, 0.1) is 45.3 Å². The van der Waals surface area contributed by atoms with Crippen LogP contribution in [0.4, 0.5) is 11.4 Å². The number of nitrogens with one attached hydrogen (secondary N) is 1. The van der Waals surface area contributed by atoms with Crippen molar-refractivity contribution in [1.29, 1.82) is 5.26 Å². The average Bonchev–Trinajstić information content (AvgIpc) is 2.80. The topological polar surface area (TPSA) is 70.8 Å². The van der Waals surface area contributed by atoms with Gasteiger partial charge >= 0.3 is 0 Å². The predicted octanol–water partition coefficient (Wildman–Crippen LogP) is 6.73. The van der Waals surface area contributed by atoms with E-state index in [1.165, 1.54) is 13.3 Å². The summed E-state index contributed by atoms with van der Waals surface area (Å²) in [5.41, 5.74) is 4.15. The number of benzene rings is 2. The summed E-state index contributed by atoms with van der Waals surface area (Å²) in [7, 11) is 1.53. The third-order valence-corrected chi connectivity index (χ3v) is 5.26. The fraction of sp³-hybridized carbons (Fsp3) is 0.0417. The van der Waals surface area contributed by atoms with Crippen molar-refractivity contribution in [3.05, 3.63) is 87.8 Å². The van der Waals surface area contributed by atoms with Crippen LogP contribution < -0.4 is 10.1 Å². The summed E-state index contributed by atoms with van der Waals surface area (Å²) in [6, 6.07) is 17.0. The van der Waals surface area contributed by atoms with Crippen molar-refractivity contribution >= 4 is 57.6 Å². The quantitative estimate of drug-likeness (QED) is 0.367. The number of ether oxygens (including phenoxy) is 1. The first-order valence-corrected chi connectivity index (χ1v) is 10.1.